The first-order valence-electron chi connectivity index (χ1n) is 9.27. The van der Waals surface area contributed by atoms with Crippen LogP contribution in [0.1, 0.15) is 69.2 Å². The Balaban J connectivity index is 1.53. The van der Waals surface area contributed by atoms with Crippen molar-refractivity contribution in [1.29, 1.82) is 0 Å². The molecule has 1 aromatic heterocycles. The van der Waals surface area contributed by atoms with Gasteiger partial charge in [0.2, 0.25) is 11.1 Å². The molecule has 26 heavy (non-hydrogen) atoms. The summed E-state index contributed by atoms with van der Waals surface area (Å²) in [4.78, 5) is 12.2. The molecule has 7 heteroatoms. The van der Waals surface area contributed by atoms with Gasteiger partial charge in [0, 0.05) is 11.6 Å². The van der Waals surface area contributed by atoms with Crippen LogP contribution < -0.4 is 11.2 Å². The van der Waals surface area contributed by atoms with Crippen molar-refractivity contribution in [3.05, 3.63) is 35.7 Å². The van der Waals surface area contributed by atoms with Gasteiger partial charge < -0.3 is 11.2 Å². The summed E-state index contributed by atoms with van der Waals surface area (Å²) in [6.07, 6.45) is 5.96. The van der Waals surface area contributed by atoms with Gasteiger partial charge in [0.05, 0.1) is 5.75 Å². The number of nitrogens with two attached hydrogens (primary N) is 1. The summed E-state index contributed by atoms with van der Waals surface area (Å²) in [6, 6.07) is 7.95. The maximum absolute atomic E-state index is 12.2. The molecule has 1 heterocycles. The molecule has 1 saturated carbocycles. The molecular formula is C19H27N5OS. The Morgan fingerprint density at radius 2 is 1.92 bits per heavy atom. The third-order valence-electron chi connectivity index (χ3n) is 4.85. The molecule has 0 bridgehead atoms. The summed E-state index contributed by atoms with van der Waals surface area (Å²) in [5, 5.41) is 11.9. The maximum atomic E-state index is 12.2. The van der Waals surface area contributed by atoms with Crippen LogP contribution in [-0.4, -0.2) is 26.5 Å². The lowest BCUT2D eigenvalue weighted by molar-refractivity contribution is -0.113. The Hall–Kier alpha value is -2.02. The molecule has 0 aliphatic heterocycles. The number of anilines is 1. The molecule has 3 rings (SSSR count). The van der Waals surface area contributed by atoms with Gasteiger partial charge in [0.25, 0.3) is 0 Å². The van der Waals surface area contributed by atoms with Crippen LogP contribution in [0.3, 0.4) is 0 Å². The van der Waals surface area contributed by atoms with E-state index in [1.807, 2.05) is 24.3 Å². The van der Waals surface area contributed by atoms with Gasteiger partial charge in [-0.1, -0.05) is 57.0 Å². The number of carbonyl (C=O) groups is 1. The third kappa shape index (κ3) is 4.58. The van der Waals surface area contributed by atoms with E-state index in [0.717, 1.165) is 24.4 Å². The minimum absolute atomic E-state index is 0.0745. The summed E-state index contributed by atoms with van der Waals surface area (Å²) in [5.41, 5.74) is 2.06. The quantitative estimate of drug-likeness (QED) is 0.592. The van der Waals surface area contributed by atoms with Gasteiger partial charge in [-0.2, -0.15) is 0 Å². The first kappa shape index (κ1) is 18.8. The summed E-state index contributed by atoms with van der Waals surface area (Å²) >= 11 is 1.32. The van der Waals surface area contributed by atoms with Gasteiger partial charge in [0.15, 0.2) is 5.82 Å². The molecule has 1 aliphatic carbocycles. The first-order chi connectivity index (χ1) is 12.5. The monoisotopic (exact) mass is 373 g/mol. The third-order valence-corrected chi connectivity index (χ3v) is 5.80. The molecular weight excluding hydrogens is 346 g/mol. The molecule has 1 fully saturated rings. The predicted octanol–water partition coefficient (Wildman–Crippen LogP) is 3.89. The predicted molar refractivity (Wildman–Crippen MR) is 106 cm³/mol. The molecule has 6 nitrogen and oxygen atoms in total. The smallest absolute Gasteiger partial charge is 0.234 e. The Bertz CT molecular complexity index is 735. The highest BCUT2D eigenvalue weighted by Gasteiger charge is 2.22. The van der Waals surface area contributed by atoms with Gasteiger partial charge in [-0.05, 0) is 36.5 Å². The summed E-state index contributed by atoms with van der Waals surface area (Å²) in [7, 11) is 0. The molecule has 0 radical (unpaired) electrons. The second kappa shape index (κ2) is 8.58. The van der Waals surface area contributed by atoms with Gasteiger partial charge in [-0.15, -0.1) is 10.2 Å². The number of nitrogens with zero attached hydrogens (tertiary/aromatic N) is 3. The fourth-order valence-electron chi connectivity index (χ4n) is 3.30. The summed E-state index contributed by atoms with van der Waals surface area (Å²) in [5.74, 6) is 8.05. The zero-order valence-electron chi connectivity index (χ0n) is 15.4. The van der Waals surface area contributed by atoms with E-state index in [0.29, 0.717) is 17.0 Å². The van der Waals surface area contributed by atoms with E-state index in [-0.39, 0.29) is 11.7 Å². The topological polar surface area (TPSA) is 85.8 Å². The minimum atomic E-state index is -0.0745. The second-order valence-corrected chi connectivity index (χ2v) is 8.10. The number of thioether (sulfide) groups is 1. The Kier molecular flexibility index (Phi) is 6.19. The maximum Gasteiger partial charge on any atom is 0.234 e. The van der Waals surface area contributed by atoms with Crippen LogP contribution in [0.15, 0.2) is 29.4 Å². The van der Waals surface area contributed by atoms with Crippen LogP contribution in [-0.2, 0) is 4.79 Å². The van der Waals surface area contributed by atoms with Crippen LogP contribution in [0.2, 0.25) is 0 Å². The van der Waals surface area contributed by atoms with Crippen LogP contribution in [0.4, 0.5) is 5.69 Å². The second-order valence-electron chi connectivity index (χ2n) is 7.16. The number of nitrogens with one attached hydrogen (secondary N) is 1. The Morgan fingerprint density at radius 3 is 2.58 bits per heavy atom. The lowest BCUT2D eigenvalue weighted by Gasteiger charge is -2.20. The average Bonchev–Trinajstić information content (AvgIpc) is 3.02. The van der Waals surface area contributed by atoms with Crippen molar-refractivity contribution < 1.29 is 4.79 Å². The van der Waals surface area contributed by atoms with Crippen molar-refractivity contribution in [1.82, 2.24) is 14.9 Å². The van der Waals surface area contributed by atoms with Crippen molar-refractivity contribution >= 4 is 23.4 Å². The fraction of sp³-hybridized carbons (Fsp3) is 0.526. The molecule has 0 unspecified atom stereocenters. The summed E-state index contributed by atoms with van der Waals surface area (Å²) < 4.78 is 1.56. The molecule has 1 amide bonds. The number of benzene rings is 1. The SMILES string of the molecule is CC(C)c1ccc(NC(=O)CSc2nnc(C3CCCCC3)n2N)cc1. The van der Waals surface area contributed by atoms with E-state index < -0.39 is 0 Å². The van der Waals surface area contributed by atoms with E-state index in [2.05, 4.69) is 29.4 Å². The van der Waals surface area contributed by atoms with Crippen LogP contribution in [0.25, 0.3) is 0 Å². The number of hydrogen-bond acceptors (Lipinski definition) is 5. The lowest BCUT2D eigenvalue weighted by atomic mass is 9.89. The highest BCUT2D eigenvalue weighted by Crippen LogP contribution is 2.32. The van der Waals surface area contributed by atoms with Crippen molar-refractivity contribution in [2.75, 3.05) is 16.9 Å². The normalized spacial score (nSPS) is 15.3. The number of carbonyl (C=O) groups excluding carboxylic acids is 1. The number of rotatable bonds is 6. The van der Waals surface area contributed by atoms with Crippen molar-refractivity contribution in [2.45, 2.75) is 62.9 Å². The standard InChI is InChI=1S/C19H27N5OS/c1-13(2)14-8-10-16(11-9-14)21-17(25)12-26-19-23-22-18(24(19)20)15-6-4-3-5-7-15/h8-11,13,15H,3-7,12,20H2,1-2H3,(H,21,25). The summed E-state index contributed by atoms with van der Waals surface area (Å²) in [6.45, 7) is 4.30. The molecule has 0 spiro atoms. The molecule has 3 N–H and O–H groups in total. The number of hydrogen-bond donors (Lipinski definition) is 2. The number of aromatic nitrogens is 3. The molecule has 140 valence electrons. The zero-order chi connectivity index (χ0) is 18.5. The van der Waals surface area contributed by atoms with Crippen LogP contribution in [0, 0.1) is 0 Å². The number of nitrogen functional groups attached to an aromatic ring is 1. The van der Waals surface area contributed by atoms with Crippen LogP contribution >= 0.6 is 11.8 Å². The Morgan fingerprint density at radius 1 is 1.23 bits per heavy atom. The van der Waals surface area contributed by atoms with Gasteiger partial charge in [-0.25, -0.2) is 4.68 Å². The van der Waals surface area contributed by atoms with E-state index in [4.69, 9.17) is 5.84 Å². The van der Waals surface area contributed by atoms with Crippen LogP contribution in [0.5, 0.6) is 0 Å². The van der Waals surface area contributed by atoms with E-state index >= 15 is 0 Å². The zero-order valence-corrected chi connectivity index (χ0v) is 16.3. The van der Waals surface area contributed by atoms with E-state index in [1.54, 1.807) is 4.68 Å². The first-order valence-corrected chi connectivity index (χ1v) is 10.3. The highest BCUT2D eigenvalue weighted by atomic mass is 32.2. The molecule has 1 aliphatic rings. The van der Waals surface area contributed by atoms with Gasteiger partial charge >= 0.3 is 0 Å². The van der Waals surface area contributed by atoms with E-state index in [1.165, 1.54) is 36.6 Å². The largest absolute Gasteiger partial charge is 0.336 e. The van der Waals surface area contributed by atoms with Crippen molar-refractivity contribution in [2.24, 2.45) is 0 Å². The Labute approximate surface area is 158 Å². The van der Waals surface area contributed by atoms with Crippen molar-refractivity contribution in [3.63, 3.8) is 0 Å². The molecule has 2 aromatic rings. The lowest BCUT2D eigenvalue weighted by Crippen LogP contribution is -2.19. The molecule has 0 atom stereocenters. The minimum Gasteiger partial charge on any atom is -0.336 e. The number of amides is 1. The average molecular weight is 374 g/mol. The van der Waals surface area contributed by atoms with Crippen molar-refractivity contribution in [3.8, 4) is 0 Å². The molecule has 0 saturated heterocycles. The highest BCUT2D eigenvalue weighted by molar-refractivity contribution is 7.99. The van der Waals surface area contributed by atoms with E-state index in [9.17, 15) is 4.79 Å². The van der Waals surface area contributed by atoms with Gasteiger partial charge in [-0.3, -0.25) is 4.79 Å². The molecule has 1 aromatic carbocycles. The fourth-order valence-corrected chi connectivity index (χ4v) is 3.97. The van der Waals surface area contributed by atoms with Gasteiger partial charge in [0.1, 0.15) is 0 Å².